The summed E-state index contributed by atoms with van der Waals surface area (Å²) in [6.45, 7) is 1.91. The fraction of sp³-hybridized carbons (Fsp3) is 0.0714. The Morgan fingerprint density at radius 2 is 1.82 bits per heavy atom. The normalized spacial score (nSPS) is 11.5. The van der Waals surface area contributed by atoms with Gasteiger partial charge in [0.05, 0.1) is 0 Å². The summed E-state index contributed by atoms with van der Waals surface area (Å²) in [6, 6.07) is 14.6. The molecule has 2 aromatic carbocycles. The van der Waals surface area contributed by atoms with Gasteiger partial charge in [0.1, 0.15) is 0 Å². The molecule has 86 valence electrons. The van der Waals surface area contributed by atoms with Crippen LogP contribution in [-0.4, -0.2) is 11.0 Å². The van der Waals surface area contributed by atoms with Crippen molar-refractivity contribution < 1.29 is 4.74 Å². The molecule has 0 amide bonds. The minimum absolute atomic E-state index is 0.611. The van der Waals surface area contributed by atoms with Crippen LogP contribution in [0.4, 0.5) is 5.69 Å². The van der Waals surface area contributed by atoms with E-state index in [-0.39, 0.29) is 0 Å². The Morgan fingerprint density at radius 1 is 1.12 bits per heavy atom. The Bertz CT molecular complexity index is 549. The van der Waals surface area contributed by atoms with Gasteiger partial charge in [0, 0.05) is 22.7 Å². The molecule has 0 fully saturated rings. The van der Waals surface area contributed by atoms with E-state index in [4.69, 9.17) is 11.6 Å². The lowest BCUT2D eigenvalue weighted by atomic mass is 10.1. The first kappa shape index (κ1) is 11.7. The second kappa shape index (κ2) is 5.02. The summed E-state index contributed by atoms with van der Waals surface area (Å²) in [5, 5.41) is 12.5. The van der Waals surface area contributed by atoms with E-state index in [1.54, 1.807) is 24.4 Å². The molecule has 0 aliphatic carbocycles. The highest BCUT2D eigenvalue weighted by molar-refractivity contribution is 6.31. The predicted octanol–water partition coefficient (Wildman–Crippen LogP) is 3.91. The molecule has 17 heavy (non-hydrogen) atoms. The topological polar surface area (TPSA) is 26.1 Å². The van der Waals surface area contributed by atoms with Crippen molar-refractivity contribution in [3.63, 3.8) is 0 Å². The minimum Gasteiger partial charge on any atom is -0.618 e. The molecule has 3 heteroatoms. The van der Waals surface area contributed by atoms with Gasteiger partial charge in [-0.1, -0.05) is 29.8 Å². The van der Waals surface area contributed by atoms with Gasteiger partial charge in [0.2, 0.25) is 5.69 Å². The molecule has 0 saturated heterocycles. The van der Waals surface area contributed by atoms with Crippen LogP contribution in [0, 0.1) is 12.1 Å². The zero-order valence-electron chi connectivity index (χ0n) is 9.43. The first-order valence-corrected chi connectivity index (χ1v) is 5.67. The van der Waals surface area contributed by atoms with Crippen LogP contribution in [0.15, 0.2) is 48.5 Å². The lowest BCUT2D eigenvalue weighted by Gasteiger charge is -2.03. The van der Waals surface area contributed by atoms with Gasteiger partial charge in [-0.25, -0.2) is 0 Å². The second-order valence-corrected chi connectivity index (χ2v) is 4.21. The largest absolute Gasteiger partial charge is 0.618 e. The third-order valence-corrected chi connectivity index (χ3v) is 2.88. The molecule has 0 spiro atoms. The number of para-hydroxylation sites is 1. The van der Waals surface area contributed by atoms with Crippen LogP contribution in [0.25, 0.3) is 0 Å². The second-order valence-electron chi connectivity index (χ2n) is 3.80. The lowest BCUT2D eigenvalue weighted by Crippen LogP contribution is -1.98. The molecule has 2 aromatic rings. The fourth-order valence-corrected chi connectivity index (χ4v) is 1.65. The Balaban J connectivity index is 2.33. The molecule has 2 nitrogen and oxygen atoms in total. The maximum Gasteiger partial charge on any atom is 0.216 e. The number of aryl methyl sites for hydroxylation is 1. The molecule has 0 N–H and O–H groups in total. The van der Waals surface area contributed by atoms with E-state index >= 15 is 0 Å². The van der Waals surface area contributed by atoms with Crippen LogP contribution in [0.3, 0.4) is 0 Å². The molecule has 0 saturated carbocycles. The first-order chi connectivity index (χ1) is 8.16. The van der Waals surface area contributed by atoms with Crippen molar-refractivity contribution in [3.05, 3.63) is 69.9 Å². The molecule has 0 unspecified atom stereocenters. The van der Waals surface area contributed by atoms with E-state index in [0.717, 1.165) is 15.9 Å². The van der Waals surface area contributed by atoms with Gasteiger partial charge >= 0.3 is 0 Å². The predicted molar refractivity (Wildman–Crippen MR) is 71.1 cm³/mol. The van der Waals surface area contributed by atoms with Crippen LogP contribution < -0.4 is 0 Å². The lowest BCUT2D eigenvalue weighted by molar-refractivity contribution is -0.354. The third-order valence-electron chi connectivity index (χ3n) is 2.46. The summed E-state index contributed by atoms with van der Waals surface area (Å²) in [4.78, 5) is 0. The zero-order valence-corrected chi connectivity index (χ0v) is 10.2. The molecular formula is C14H12ClNO. The molecule has 0 aromatic heterocycles. The van der Waals surface area contributed by atoms with Crippen molar-refractivity contribution in [2.45, 2.75) is 6.92 Å². The SMILES string of the molecule is Cc1cc(C=[N+]([O-])c2ccccc2)ccc1Cl. The molecule has 0 aliphatic rings. The summed E-state index contributed by atoms with van der Waals surface area (Å²) < 4.78 is 0.850. The van der Waals surface area contributed by atoms with Crippen molar-refractivity contribution >= 4 is 23.5 Å². The quantitative estimate of drug-likeness (QED) is 0.341. The van der Waals surface area contributed by atoms with Crippen molar-refractivity contribution in [1.29, 1.82) is 0 Å². The van der Waals surface area contributed by atoms with E-state index in [2.05, 4.69) is 0 Å². The van der Waals surface area contributed by atoms with E-state index in [1.165, 1.54) is 0 Å². The third kappa shape index (κ3) is 2.86. The number of nitrogens with zero attached hydrogens (tertiary/aromatic N) is 1. The monoisotopic (exact) mass is 245 g/mol. The molecular weight excluding hydrogens is 234 g/mol. The van der Waals surface area contributed by atoms with Gasteiger partial charge in [0.25, 0.3) is 0 Å². The van der Waals surface area contributed by atoms with Crippen molar-refractivity contribution in [2.75, 3.05) is 0 Å². The van der Waals surface area contributed by atoms with Crippen molar-refractivity contribution in [2.24, 2.45) is 0 Å². The smallest absolute Gasteiger partial charge is 0.216 e. The maximum absolute atomic E-state index is 11.8. The van der Waals surface area contributed by atoms with Gasteiger partial charge in [0.15, 0.2) is 6.21 Å². The Morgan fingerprint density at radius 3 is 2.47 bits per heavy atom. The highest BCUT2D eigenvalue weighted by Crippen LogP contribution is 2.16. The number of hydrogen-bond acceptors (Lipinski definition) is 1. The number of halogens is 1. The van der Waals surface area contributed by atoms with E-state index in [9.17, 15) is 5.21 Å². The van der Waals surface area contributed by atoms with Crippen LogP contribution in [0.5, 0.6) is 0 Å². The van der Waals surface area contributed by atoms with Gasteiger partial charge in [-0.3, -0.25) is 0 Å². The first-order valence-electron chi connectivity index (χ1n) is 5.29. The Hall–Kier alpha value is -1.80. The average molecular weight is 246 g/mol. The van der Waals surface area contributed by atoms with Crippen molar-refractivity contribution in [1.82, 2.24) is 0 Å². The van der Waals surface area contributed by atoms with E-state index in [1.807, 2.05) is 37.3 Å². The number of benzene rings is 2. The van der Waals surface area contributed by atoms with Gasteiger partial charge < -0.3 is 5.21 Å². The average Bonchev–Trinajstić information content (AvgIpc) is 2.35. The molecule has 0 atom stereocenters. The summed E-state index contributed by atoms with van der Waals surface area (Å²) in [5.74, 6) is 0. The number of hydrogen-bond donors (Lipinski definition) is 0. The van der Waals surface area contributed by atoms with Gasteiger partial charge in [-0.05, 0) is 30.7 Å². The number of rotatable bonds is 2. The highest BCUT2D eigenvalue weighted by atomic mass is 35.5. The summed E-state index contributed by atoms with van der Waals surface area (Å²) >= 11 is 5.93. The fourth-order valence-electron chi connectivity index (χ4n) is 1.53. The molecule has 0 bridgehead atoms. The van der Waals surface area contributed by atoms with Crippen LogP contribution in [0.1, 0.15) is 11.1 Å². The highest BCUT2D eigenvalue weighted by Gasteiger charge is 2.01. The van der Waals surface area contributed by atoms with Crippen LogP contribution in [-0.2, 0) is 0 Å². The molecule has 0 aliphatic heterocycles. The Kier molecular flexibility index (Phi) is 3.45. The zero-order chi connectivity index (χ0) is 12.3. The Labute approximate surface area is 105 Å². The van der Waals surface area contributed by atoms with Crippen LogP contribution in [0.2, 0.25) is 5.02 Å². The summed E-state index contributed by atoms with van der Waals surface area (Å²) in [5.41, 5.74) is 2.41. The van der Waals surface area contributed by atoms with Gasteiger partial charge in [-0.15, -0.1) is 0 Å². The van der Waals surface area contributed by atoms with Crippen LogP contribution >= 0.6 is 11.6 Å². The van der Waals surface area contributed by atoms with Crippen molar-refractivity contribution in [3.8, 4) is 0 Å². The standard InChI is InChI=1S/C14H12ClNO/c1-11-9-12(7-8-14(11)15)10-16(17)13-5-3-2-4-6-13/h2-10H,1H3. The van der Waals surface area contributed by atoms with E-state index in [0.29, 0.717) is 10.7 Å². The molecule has 0 heterocycles. The van der Waals surface area contributed by atoms with E-state index < -0.39 is 0 Å². The van der Waals surface area contributed by atoms with Gasteiger partial charge in [-0.2, -0.15) is 4.74 Å². The molecule has 2 rings (SSSR count). The maximum atomic E-state index is 11.8. The summed E-state index contributed by atoms with van der Waals surface area (Å²) in [7, 11) is 0. The summed E-state index contributed by atoms with van der Waals surface area (Å²) in [6.07, 6.45) is 1.54. The minimum atomic E-state index is 0.611. The molecule has 0 radical (unpaired) electrons.